The number of amides is 1. The first-order valence-electron chi connectivity index (χ1n) is 20.9. The van der Waals surface area contributed by atoms with E-state index in [4.69, 9.17) is 14.2 Å². The topological polar surface area (TPSA) is 131 Å². The van der Waals surface area contributed by atoms with Crippen molar-refractivity contribution < 1.29 is 18.4 Å². The summed E-state index contributed by atoms with van der Waals surface area (Å²) in [4.78, 5) is 54.1. The molecule has 1 N–H and O–H groups in total. The summed E-state index contributed by atoms with van der Waals surface area (Å²) in [5.74, 6) is 0.608. The third-order valence-electron chi connectivity index (χ3n) is 13.5. The van der Waals surface area contributed by atoms with E-state index >= 15 is 4.79 Å². The van der Waals surface area contributed by atoms with Gasteiger partial charge >= 0.3 is 5.76 Å². The van der Waals surface area contributed by atoms with E-state index in [0.29, 0.717) is 89.9 Å². The molecule has 304 valence electrons. The third-order valence-corrected chi connectivity index (χ3v) is 13.5. The van der Waals surface area contributed by atoms with Gasteiger partial charge in [-0.05, 0) is 123 Å². The van der Waals surface area contributed by atoms with E-state index in [1.807, 2.05) is 12.1 Å². The van der Waals surface area contributed by atoms with E-state index in [0.717, 1.165) is 49.8 Å². The van der Waals surface area contributed by atoms with Gasteiger partial charge in [0, 0.05) is 49.3 Å². The SMILES string of the molecule is Cc1cc(-n2c(N3CCC(c4ccccc4)CC3)nc3c(c2=O)CCN(C(=O)c2cc4cc(C5CCOCC5)ccc4n2[C@]2(c4noc(=O)[nH]4)C[C@@H]2C)C3)cc(C)c1F. The number of rotatable bonds is 7. The number of hydrogen-bond acceptors (Lipinski definition) is 8. The van der Waals surface area contributed by atoms with Gasteiger partial charge in [-0.2, -0.15) is 0 Å². The zero-order valence-electron chi connectivity index (χ0n) is 33.7. The summed E-state index contributed by atoms with van der Waals surface area (Å²) in [5.41, 5.74) is 5.54. The number of nitrogens with one attached hydrogen (secondary N) is 1. The maximum Gasteiger partial charge on any atom is 0.438 e. The molecule has 0 radical (unpaired) electrons. The van der Waals surface area contributed by atoms with E-state index < -0.39 is 11.3 Å². The quantitative estimate of drug-likeness (QED) is 0.185. The number of halogens is 1. The van der Waals surface area contributed by atoms with Crippen molar-refractivity contribution in [3.8, 4) is 5.69 Å². The molecule has 0 unspecified atom stereocenters. The molecule has 2 saturated heterocycles. The van der Waals surface area contributed by atoms with Gasteiger partial charge < -0.3 is 19.1 Å². The monoisotopic (exact) mass is 797 g/mol. The summed E-state index contributed by atoms with van der Waals surface area (Å²) in [6.07, 6.45) is 4.64. The van der Waals surface area contributed by atoms with Gasteiger partial charge in [-0.3, -0.25) is 19.1 Å². The molecule has 12 nitrogen and oxygen atoms in total. The van der Waals surface area contributed by atoms with Gasteiger partial charge in [0.2, 0.25) is 5.95 Å². The number of fused-ring (bicyclic) bond motifs is 2. The van der Waals surface area contributed by atoms with Gasteiger partial charge in [0.15, 0.2) is 5.82 Å². The van der Waals surface area contributed by atoms with Gasteiger partial charge in [-0.1, -0.05) is 48.5 Å². The lowest BCUT2D eigenvalue weighted by atomic mass is 9.89. The highest BCUT2D eigenvalue weighted by molar-refractivity contribution is 5.99. The molecule has 6 heterocycles. The normalized spacial score (nSPS) is 21.3. The Hall–Kier alpha value is -5.82. The molecule has 1 saturated carbocycles. The average Bonchev–Trinajstić information content (AvgIpc) is 3.53. The predicted octanol–water partition coefficient (Wildman–Crippen LogP) is 6.88. The van der Waals surface area contributed by atoms with Crippen LogP contribution in [0.15, 0.2) is 80.8 Å². The summed E-state index contributed by atoms with van der Waals surface area (Å²) in [6.45, 7) is 8.80. The van der Waals surface area contributed by atoms with Crippen molar-refractivity contribution >= 4 is 22.8 Å². The standard InChI is InChI=1S/C46H48FN7O5/c1-27-21-35(22-28(2)40(27)47)53-41(55)36-13-18-52(26-37(36)48-44(53)51-16-11-31(12-17-51)30-7-5-4-6-8-30)42(56)39-24-34-23-33(32-14-19-58-20-15-32)9-10-38(34)54(39)46(25-29(46)3)43-49-45(57)59-50-43/h4-10,21-24,29,31-32H,11-20,25-26H2,1-3H3,(H,49,50,57)/t29-,46+/m0/s1. The molecule has 0 spiro atoms. The number of aromatic amines is 1. The summed E-state index contributed by atoms with van der Waals surface area (Å²) in [5, 5.41) is 5.09. The molecule has 3 aromatic carbocycles. The highest BCUT2D eigenvalue weighted by Crippen LogP contribution is 2.56. The average molecular weight is 798 g/mol. The lowest BCUT2D eigenvalue weighted by Crippen LogP contribution is -2.44. The van der Waals surface area contributed by atoms with Crippen molar-refractivity contribution in [3.05, 3.63) is 138 Å². The Morgan fingerprint density at radius 3 is 2.29 bits per heavy atom. The molecule has 13 heteroatoms. The number of anilines is 1. The molecule has 1 aliphatic carbocycles. The van der Waals surface area contributed by atoms with Gasteiger partial charge in [-0.25, -0.2) is 18.7 Å². The second-order valence-corrected chi connectivity index (χ2v) is 17.1. The lowest BCUT2D eigenvalue weighted by Gasteiger charge is -2.36. The van der Waals surface area contributed by atoms with Gasteiger partial charge in [0.25, 0.3) is 11.5 Å². The molecule has 4 aliphatic rings. The van der Waals surface area contributed by atoms with Crippen molar-refractivity contribution in [2.45, 2.75) is 83.2 Å². The van der Waals surface area contributed by atoms with Crippen LogP contribution in [0.25, 0.3) is 16.6 Å². The first-order chi connectivity index (χ1) is 28.6. The van der Waals surface area contributed by atoms with Crippen LogP contribution in [0.4, 0.5) is 10.3 Å². The molecule has 0 bridgehead atoms. The minimum atomic E-state index is -0.775. The number of ether oxygens (including phenoxy) is 1. The van der Waals surface area contributed by atoms with Crippen LogP contribution in [0.1, 0.15) is 101 Å². The smallest absolute Gasteiger partial charge is 0.381 e. The third kappa shape index (κ3) is 6.32. The fourth-order valence-electron chi connectivity index (χ4n) is 10.1. The number of hydrogen-bond donors (Lipinski definition) is 1. The van der Waals surface area contributed by atoms with Crippen molar-refractivity contribution in [1.29, 1.82) is 0 Å². The molecule has 3 fully saturated rings. The van der Waals surface area contributed by atoms with E-state index in [1.54, 1.807) is 35.4 Å². The number of aryl methyl sites for hydroxylation is 2. The minimum Gasteiger partial charge on any atom is -0.381 e. The van der Waals surface area contributed by atoms with Crippen molar-refractivity contribution in [1.82, 2.24) is 29.2 Å². The van der Waals surface area contributed by atoms with Crippen LogP contribution in [0, 0.1) is 25.6 Å². The summed E-state index contributed by atoms with van der Waals surface area (Å²) in [7, 11) is 0. The molecule has 1 amide bonds. The van der Waals surface area contributed by atoms with Crippen molar-refractivity contribution in [3.63, 3.8) is 0 Å². The minimum absolute atomic E-state index is 0.0649. The van der Waals surface area contributed by atoms with Gasteiger partial charge in [0.05, 0.1) is 17.9 Å². The van der Waals surface area contributed by atoms with Crippen LogP contribution >= 0.6 is 0 Å². The fourth-order valence-corrected chi connectivity index (χ4v) is 10.1. The maximum atomic E-state index is 15.1. The Morgan fingerprint density at radius 1 is 0.898 bits per heavy atom. The summed E-state index contributed by atoms with van der Waals surface area (Å²) in [6, 6.07) is 22.3. The van der Waals surface area contributed by atoms with Crippen LogP contribution in [-0.4, -0.2) is 67.9 Å². The van der Waals surface area contributed by atoms with Crippen LogP contribution in [0.3, 0.4) is 0 Å². The van der Waals surface area contributed by atoms with Gasteiger partial charge in [-0.15, -0.1) is 0 Å². The molecule has 6 aromatic rings. The van der Waals surface area contributed by atoms with E-state index in [2.05, 4.69) is 69.0 Å². The molecule has 2 atom stereocenters. The number of carbonyl (C=O) groups is 1. The first-order valence-corrected chi connectivity index (χ1v) is 20.9. The number of benzene rings is 3. The molecule has 3 aliphatic heterocycles. The second kappa shape index (κ2) is 14.5. The highest BCUT2D eigenvalue weighted by atomic mass is 19.1. The Balaban J connectivity index is 1.04. The molecular formula is C46H48FN7O5. The largest absolute Gasteiger partial charge is 0.438 e. The Bertz CT molecular complexity index is 2700. The number of piperidine rings is 1. The Labute approximate surface area is 340 Å². The van der Waals surface area contributed by atoms with Gasteiger partial charge in [0.1, 0.15) is 17.1 Å². The van der Waals surface area contributed by atoms with E-state index in [-0.39, 0.29) is 29.7 Å². The number of aromatic nitrogens is 5. The molecule has 10 rings (SSSR count). The van der Waals surface area contributed by atoms with Crippen molar-refractivity contribution in [2.24, 2.45) is 5.92 Å². The van der Waals surface area contributed by atoms with E-state index in [9.17, 15) is 14.0 Å². The van der Waals surface area contributed by atoms with Crippen LogP contribution in [-0.2, 0) is 23.2 Å². The zero-order valence-corrected chi connectivity index (χ0v) is 33.7. The van der Waals surface area contributed by atoms with Crippen LogP contribution in [0.2, 0.25) is 0 Å². The number of carbonyl (C=O) groups excluding carboxylic acids is 1. The maximum absolute atomic E-state index is 15.1. The first kappa shape index (κ1) is 37.5. The van der Waals surface area contributed by atoms with Crippen LogP contribution in [0.5, 0.6) is 0 Å². The molecular weight excluding hydrogens is 750 g/mol. The summed E-state index contributed by atoms with van der Waals surface area (Å²) < 4.78 is 29.3. The van der Waals surface area contributed by atoms with Crippen molar-refractivity contribution in [2.75, 3.05) is 37.7 Å². The van der Waals surface area contributed by atoms with Crippen LogP contribution < -0.4 is 16.2 Å². The Morgan fingerprint density at radius 2 is 1.61 bits per heavy atom. The lowest BCUT2D eigenvalue weighted by molar-refractivity contribution is 0.0717. The molecule has 59 heavy (non-hydrogen) atoms. The second-order valence-electron chi connectivity index (χ2n) is 17.1. The highest BCUT2D eigenvalue weighted by Gasteiger charge is 2.59. The zero-order chi connectivity index (χ0) is 40.6. The predicted molar refractivity (Wildman–Crippen MR) is 221 cm³/mol. The number of nitrogens with zero attached hydrogens (tertiary/aromatic N) is 6. The fraction of sp³-hybridized carbons (Fsp3) is 0.413. The number of H-pyrrole nitrogens is 1. The molecule has 3 aromatic heterocycles. The Kier molecular flexibility index (Phi) is 9.19. The summed E-state index contributed by atoms with van der Waals surface area (Å²) >= 11 is 0. The van der Waals surface area contributed by atoms with E-state index in [1.165, 1.54) is 11.1 Å².